The fraction of sp³-hybridized carbons (Fsp3) is 0.250. The number of hydrogen-bond acceptors (Lipinski definition) is 3. The number of amides is 3. The molecule has 6 heteroatoms. The SMILES string of the molecule is O=C(NCc1cccs1)Nc1cccc(N2CCCC2=O)c1. The van der Waals surface area contributed by atoms with Gasteiger partial charge in [0.2, 0.25) is 5.91 Å². The van der Waals surface area contributed by atoms with E-state index in [9.17, 15) is 9.59 Å². The van der Waals surface area contributed by atoms with E-state index in [2.05, 4.69) is 10.6 Å². The van der Waals surface area contributed by atoms with Crippen LogP contribution in [0.1, 0.15) is 17.7 Å². The predicted octanol–water partition coefficient (Wildman–Crippen LogP) is 3.20. The van der Waals surface area contributed by atoms with Crippen LogP contribution in [0, 0.1) is 0 Å². The van der Waals surface area contributed by atoms with Gasteiger partial charge in [-0.25, -0.2) is 4.79 Å². The lowest BCUT2D eigenvalue weighted by Crippen LogP contribution is -2.28. The number of carbonyl (C=O) groups excluding carboxylic acids is 2. The Bertz CT molecular complexity index is 670. The monoisotopic (exact) mass is 315 g/mol. The first-order valence-corrected chi connectivity index (χ1v) is 8.08. The number of nitrogens with zero attached hydrogens (tertiary/aromatic N) is 1. The molecule has 1 aromatic heterocycles. The molecule has 22 heavy (non-hydrogen) atoms. The standard InChI is InChI=1S/C16H17N3O2S/c20-15-7-2-8-19(15)13-5-1-4-12(10-13)18-16(21)17-11-14-6-3-9-22-14/h1,3-6,9-10H,2,7-8,11H2,(H2,17,18,21). The van der Waals surface area contributed by atoms with E-state index >= 15 is 0 Å². The normalized spacial score (nSPS) is 14.2. The largest absolute Gasteiger partial charge is 0.333 e. The predicted molar refractivity (Wildman–Crippen MR) is 88.2 cm³/mol. The van der Waals surface area contributed by atoms with Gasteiger partial charge in [0.1, 0.15) is 0 Å². The summed E-state index contributed by atoms with van der Waals surface area (Å²) in [5, 5.41) is 7.59. The summed E-state index contributed by atoms with van der Waals surface area (Å²) in [7, 11) is 0. The van der Waals surface area contributed by atoms with Crippen molar-refractivity contribution in [2.75, 3.05) is 16.8 Å². The highest BCUT2D eigenvalue weighted by Gasteiger charge is 2.21. The van der Waals surface area contributed by atoms with Crippen LogP contribution in [0.2, 0.25) is 0 Å². The van der Waals surface area contributed by atoms with Gasteiger partial charge in [0.25, 0.3) is 0 Å². The Hall–Kier alpha value is -2.34. The lowest BCUT2D eigenvalue weighted by molar-refractivity contribution is -0.117. The van der Waals surface area contributed by atoms with Gasteiger partial charge in [0, 0.05) is 29.2 Å². The third-order valence-electron chi connectivity index (χ3n) is 3.49. The molecule has 3 rings (SSSR count). The molecule has 1 aromatic carbocycles. The first-order chi connectivity index (χ1) is 10.7. The first kappa shape index (κ1) is 14.6. The fourth-order valence-corrected chi connectivity index (χ4v) is 3.07. The summed E-state index contributed by atoms with van der Waals surface area (Å²) in [4.78, 5) is 26.5. The summed E-state index contributed by atoms with van der Waals surface area (Å²) in [5.74, 6) is 0.138. The molecule has 0 unspecified atom stereocenters. The minimum absolute atomic E-state index is 0.138. The molecule has 0 radical (unpaired) electrons. The van der Waals surface area contributed by atoms with Gasteiger partial charge in [0.05, 0.1) is 6.54 Å². The quantitative estimate of drug-likeness (QED) is 0.910. The average Bonchev–Trinajstić information content (AvgIpc) is 3.16. The highest BCUT2D eigenvalue weighted by molar-refractivity contribution is 7.09. The molecule has 0 aliphatic carbocycles. The molecule has 3 amide bonds. The summed E-state index contributed by atoms with van der Waals surface area (Å²) < 4.78 is 0. The third-order valence-corrected chi connectivity index (χ3v) is 4.37. The first-order valence-electron chi connectivity index (χ1n) is 7.20. The lowest BCUT2D eigenvalue weighted by Gasteiger charge is -2.16. The Kier molecular flexibility index (Phi) is 4.39. The number of hydrogen-bond donors (Lipinski definition) is 2. The summed E-state index contributed by atoms with van der Waals surface area (Å²) in [6, 6.07) is 11.1. The number of rotatable bonds is 4. The van der Waals surface area contributed by atoms with E-state index in [4.69, 9.17) is 0 Å². The zero-order valence-corrected chi connectivity index (χ0v) is 12.9. The number of thiophene rings is 1. The Morgan fingerprint density at radius 2 is 2.18 bits per heavy atom. The third kappa shape index (κ3) is 3.46. The molecule has 2 heterocycles. The highest BCUT2D eigenvalue weighted by atomic mass is 32.1. The van der Waals surface area contributed by atoms with Crippen molar-refractivity contribution in [1.29, 1.82) is 0 Å². The second-order valence-electron chi connectivity index (χ2n) is 5.09. The number of anilines is 2. The Balaban J connectivity index is 1.60. The van der Waals surface area contributed by atoms with Crippen LogP contribution in [0.3, 0.4) is 0 Å². The van der Waals surface area contributed by atoms with E-state index in [-0.39, 0.29) is 11.9 Å². The molecule has 0 atom stereocenters. The van der Waals surface area contributed by atoms with Crippen LogP contribution < -0.4 is 15.5 Å². The molecule has 2 N–H and O–H groups in total. The van der Waals surface area contributed by atoms with Crippen molar-refractivity contribution < 1.29 is 9.59 Å². The van der Waals surface area contributed by atoms with Gasteiger partial charge in [-0.3, -0.25) is 4.79 Å². The smallest absolute Gasteiger partial charge is 0.319 e. The Morgan fingerprint density at radius 1 is 1.27 bits per heavy atom. The van der Waals surface area contributed by atoms with Gasteiger partial charge < -0.3 is 15.5 Å². The fourth-order valence-electron chi connectivity index (χ4n) is 2.43. The maximum Gasteiger partial charge on any atom is 0.319 e. The highest BCUT2D eigenvalue weighted by Crippen LogP contribution is 2.24. The molecule has 5 nitrogen and oxygen atoms in total. The molecule has 0 bridgehead atoms. The van der Waals surface area contributed by atoms with Gasteiger partial charge in [-0.1, -0.05) is 12.1 Å². The van der Waals surface area contributed by atoms with Crippen molar-refractivity contribution >= 4 is 34.6 Å². The van der Waals surface area contributed by atoms with Crippen LogP contribution >= 0.6 is 11.3 Å². The van der Waals surface area contributed by atoms with Crippen molar-refractivity contribution in [3.8, 4) is 0 Å². The molecule has 1 aliphatic heterocycles. The maximum atomic E-state index is 11.9. The summed E-state index contributed by atoms with van der Waals surface area (Å²) >= 11 is 1.60. The number of benzene rings is 1. The molecule has 0 spiro atoms. The summed E-state index contributed by atoms with van der Waals surface area (Å²) in [6.07, 6.45) is 1.48. The van der Waals surface area contributed by atoms with Crippen LogP contribution in [-0.4, -0.2) is 18.5 Å². The van der Waals surface area contributed by atoms with Crippen molar-refractivity contribution in [3.05, 3.63) is 46.7 Å². The van der Waals surface area contributed by atoms with Gasteiger partial charge >= 0.3 is 6.03 Å². The van der Waals surface area contributed by atoms with Crippen molar-refractivity contribution in [2.24, 2.45) is 0 Å². The van der Waals surface area contributed by atoms with Gasteiger partial charge in [-0.15, -0.1) is 11.3 Å². The number of urea groups is 1. The van der Waals surface area contributed by atoms with Crippen LogP contribution in [0.5, 0.6) is 0 Å². The Morgan fingerprint density at radius 3 is 2.91 bits per heavy atom. The van der Waals surface area contributed by atoms with Crippen LogP contribution in [0.25, 0.3) is 0 Å². The van der Waals surface area contributed by atoms with E-state index in [0.29, 0.717) is 18.7 Å². The van der Waals surface area contributed by atoms with E-state index in [1.807, 2.05) is 41.8 Å². The van der Waals surface area contributed by atoms with E-state index in [1.165, 1.54) is 0 Å². The molecular weight excluding hydrogens is 298 g/mol. The molecule has 114 valence electrons. The minimum atomic E-state index is -0.252. The van der Waals surface area contributed by atoms with Gasteiger partial charge in [-0.2, -0.15) is 0 Å². The van der Waals surface area contributed by atoms with E-state index in [1.54, 1.807) is 16.2 Å². The van der Waals surface area contributed by atoms with Crippen molar-refractivity contribution in [3.63, 3.8) is 0 Å². The molecule has 1 fully saturated rings. The lowest BCUT2D eigenvalue weighted by atomic mass is 10.2. The zero-order chi connectivity index (χ0) is 15.4. The van der Waals surface area contributed by atoms with Crippen LogP contribution in [-0.2, 0) is 11.3 Å². The Labute approximate surface area is 132 Å². The average molecular weight is 315 g/mol. The van der Waals surface area contributed by atoms with Crippen molar-refractivity contribution in [1.82, 2.24) is 5.32 Å². The van der Waals surface area contributed by atoms with Crippen LogP contribution in [0.15, 0.2) is 41.8 Å². The second-order valence-corrected chi connectivity index (χ2v) is 6.12. The van der Waals surface area contributed by atoms with Crippen molar-refractivity contribution in [2.45, 2.75) is 19.4 Å². The van der Waals surface area contributed by atoms with Gasteiger partial charge in [-0.05, 0) is 36.1 Å². The molecule has 0 saturated carbocycles. The minimum Gasteiger partial charge on any atom is -0.333 e. The van der Waals surface area contributed by atoms with E-state index < -0.39 is 0 Å². The molecule has 2 aromatic rings. The summed E-state index contributed by atoms with van der Waals surface area (Å²) in [5.41, 5.74) is 1.51. The number of nitrogens with one attached hydrogen (secondary N) is 2. The maximum absolute atomic E-state index is 11.9. The van der Waals surface area contributed by atoms with Gasteiger partial charge in [0.15, 0.2) is 0 Å². The summed E-state index contributed by atoms with van der Waals surface area (Å²) in [6.45, 7) is 1.25. The molecule has 1 saturated heterocycles. The van der Waals surface area contributed by atoms with E-state index in [0.717, 1.165) is 23.5 Å². The zero-order valence-electron chi connectivity index (χ0n) is 12.0. The number of carbonyl (C=O) groups is 2. The topological polar surface area (TPSA) is 61.4 Å². The second kappa shape index (κ2) is 6.62. The molecular formula is C16H17N3O2S. The van der Waals surface area contributed by atoms with Crippen LogP contribution in [0.4, 0.5) is 16.2 Å². The molecule has 1 aliphatic rings.